The lowest BCUT2D eigenvalue weighted by Gasteiger charge is -2.18. The Kier molecular flexibility index (Phi) is 54.2. The summed E-state index contributed by atoms with van der Waals surface area (Å²) in [5.41, 5.74) is 0. The van der Waals surface area contributed by atoms with E-state index in [4.69, 9.17) is 14.2 Å². The molecule has 0 aliphatic carbocycles. The highest BCUT2D eigenvalue weighted by Gasteiger charge is 2.19. The van der Waals surface area contributed by atoms with E-state index in [2.05, 4.69) is 32.9 Å². The first-order chi connectivity index (χ1) is 32.5. The SMILES string of the molecule is CCCCCCCCCC/C=C\CCCCCCCCCCCC(=O)OC(COC(=O)CCCCCCC)COC(=O)CCCCCCCCCCCCCCCCCCCCCCCC. The average Bonchev–Trinajstić information content (AvgIpc) is 3.31. The fraction of sp³-hybridized carbons (Fsp3) is 0.917. The van der Waals surface area contributed by atoms with Gasteiger partial charge in [0.1, 0.15) is 13.2 Å². The van der Waals surface area contributed by atoms with Crippen molar-refractivity contribution in [1.29, 1.82) is 0 Å². The van der Waals surface area contributed by atoms with Crippen LogP contribution < -0.4 is 0 Å². The van der Waals surface area contributed by atoms with Crippen molar-refractivity contribution in [2.24, 2.45) is 0 Å². The molecule has 0 aromatic rings. The highest BCUT2D eigenvalue weighted by molar-refractivity contribution is 5.71. The lowest BCUT2D eigenvalue weighted by Crippen LogP contribution is -2.30. The molecule has 0 aromatic heterocycles. The van der Waals surface area contributed by atoms with Crippen molar-refractivity contribution in [3.8, 4) is 0 Å². The van der Waals surface area contributed by atoms with Crippen LogP contribution in [-0.2, 0) is 28.6 Å². The molecule has 1 unspecified atom stereocenters. The molecule has 0 rings (SSSR count). The molecule has 0 spiro atoms. The van der Waals surface area contributed by atoms with E-state index in [1.54, 1.807) is 0 Å². The summed E-state index contributed by atoms with van der Waals surface area (Å²) in [6.45, 7) is 6.61. The molecule has 0 saturated carbocycles. The number of ether oxygens (including phenoxy) is 3. The predicted molar refractivity (Wildman–Crippen MR) is 284 cm³/mol. The number of carbonyl (C=O) groups excluding carboxylic acids is 3. The maximum absolute atomic E-state index is 12.8. The van der Waals surface area contributed by atoms with Crippen LogP contribution in [0.5, 0.6) is 0 Å². The van der Waals surface area contributed by atoms with E-state index in [1.165, 1.54) is 231 Å². The van der Waals surface area contributed by atoms with E-state index in [0.717, 1.165) is 64.2 Å². The van der Waals surface area contributed by atoms with Gasteiger partial charge < -0.3 is 14.2 Å². The lowest BCUT2D eigenvalue weighted by molar-refractivity contribution is -0.167. The van der Waals surface area contributed by atoms with Crippen LogP contribution >= 0.6 is 0 Å². The Hall–Kier alpha value is -1.85. The molecular formula is C60H114O6. The minimum atomic E-state index is -0.763. The number of unbranched alkanes of at least 4 members (excludes halogenated alkanes) is 42. The molecule has 0 N–H and O–H groups in total. The first-order valence-corrected chi connectivity index (χ1v) is 29.7. The molecule has 0 fully saturated rings. The third-order valence-corrected chi connectivity index (χ3v) is 13.5. The highest BCUT2D eigenvalue weighted by atomic mass is 16.6. The molecule has 6 heteroatoms. The van der Waals surface area contributed by atoms with Gasteiger partial charge in [-0.2, -0.15) is 0 Å². The fourth-order valence-electron chi connectivity index (χ4n) is 9.03. The van der Waals surface area contributed by atoms with Crippen LogP contribution in [0.25, 0.3) is 0 Å². The van der Waals surface area contributed by atoms with E-state index in [-0.39, 0.29) is 31.1 Å². The predicted octanol–water partition coefficient (Wildman–Crippen LogP) is 19.7. The zero-order valence-electron chi connectivity index (χ0n) is 44.7. The summed E-state index contributed by atoms with van der Waals surface area (Å²) >= 11 is 0. The van der Waals surface area contributed by atoms with Crippen LogP contribution in [-0.4, -0.2) is 37.2 Å². The van der Waals surface area contributed by atoms with Crippen molar-refractivity contribution >= 4 is 17.9 Å². The largest absolute Gasteiger partial charge is 0.462 e. The molecule has 0 heterocycles. The molecule has 0 aliphatic rings. The maximum Gasteiger partial charge on any atom is 0.306 e. The number of hydrogen-bond donors (Lipinski definition) is 0. The molecule has 390 valence electrons. The van der Waals surface area contributed by atoms with Gasteiger partial charge >= 0.3 is 17.9 Å². The third-order valence-electron chi connectivity index (χ3n) is 13.5. The summed E-state index contributed by atoms with van der Waals surface area (Å²) in [6.07, 6.45) is 64.0. The second kappa shape index (κ2) is 55.7. The Morgan fingerprint density at radius 3 is 0.758 bits per heavy atom. The van der Waals surface area contributed by atoms with Crippen molar-refractivity contribution in [2.45, 2.75) is 341 Å². The minimum absolute atomic E-state index is 0.0662. The van der Waals surface area contributed by atoms with Gasteiger partial charge in [0, 0.05) is 19.3 Å². The third kappa shape index (κ3) is 53.1. The summed E-state index contributed by atoms with van der Waals surface area (Å²) in [5.74, 6) is -0.861. The number of esters is 3. The van der Waals surface area contributed by atoms with Crippen molar-refractivity contribution in [3.05, 3.63) is 12.2 Å². The monoisotopic (exact) mass is 931 g/mol. The van der Waals surface area contributed by atoms with Gasteiger partial charge in [0.05, 0.1) is 0 Å². The van der Waals surface area contributed by atoms with Gasteiger partial charge in [-0.1, -0.05) is 283 Å². The standard InChI is InChI=1S/C60H114O6/c1-4-7-10-13-15-17-19-21-23-25-27-29-31-32-34-36-38-40-42-44-47-50-53-59(62)65-56-57(55-64-58(61)52-49-46-12-9-6-3)66-60(63)54-51-48-45-43-41-39-37-35-33-30-28-26-24-22-20-18-16-14-11-8-5-2/h26,28,57H,4-25,27,29-56H2,1-3H3/b28-26-. The van der Waals surface area contributed by atoms with Gasteiger partial charge in [0.2, 0.25) is 0 Å². The molecule has 66 heavy (non-hydrogen) atoms. The molecule has 0 radical (unpaired) electrons. The molecule has 0 saturated heterocycles. The summed E-state index contributed by atoms with van der Waals surface area (Å²) < 4.78 is 16.7. The Morgan fingerprint density at radius 1 is 0.288 bits per heavy atom. The molecular weight excluding hydrogens is 817 g/mol. The Bertz CT molecular complexity index is 1020. The van der Waals surface area contributed by atoms with Crippen molar-refractivity contribution in [3.63, 3.8) is 0 Å². The Balaban J connectivity index is 4.03. The maximum atomic E-state index is 12.8. The second-order valence-electron chi connectivity index (χ2n) is 20.3. The van der Waals surface area contributed by atoms with Gasteiger partial charge in [0.15, 0.2) is 6.10 Å². The summed E-state index contributed by atoms with van der Waals surface area (Å²) in [7, 11) is 0. The topological polar surface area (TPSA) is 78.9 Å². The fourth-order valence-corrected chi connectivity index (χ4v) is 9.03. The molecule has 0 aliphatic heterocycles. The Labute approximate surface area is 411 Å². The summed E-state index contributed by atoms with van der Waals surface area (Å²) in [4.78, 5) is 37.8. The zero-order chi connectivity index (χ0) is 47.9. The van der Waals surface area contributed by atoms with E-state index in [9.17, 15) is 14.4 Å². The smallest absolute Gasteiger partial charge is 0.306 e. The highest BCUT2D eigenvalue weighted by Crippen LogP contribution is 2.17. The van der Waals surface area contributed by atoms with Gasteiger partial charge in [-0.25, -0.2) is 0 Å². The van der Waals surface area contributed by atoms with Crippen LogP contribution in [0.15, 0.2) is 12.2 Å². The van der Waals surface area contributed by atoms with E-state index in [0.29, 0.717) is 19.3 Å². The average molecular weight is 932 g/mol. The summed E-state index contributed by atoms with van der Waals surface area (Å²) in [6, 6.07) is 0. The number of carbonyl (C=O) groups is 3. The first-order valence-electron chi connectivity index (χ1n) is 29.7. The van der Waals surface area contributed by atoms with E-state index >= 15 is 0 Å². The number of hydrogen-bond acceptors (Lipinski definition) is 6. The quantitative estimate of drug-likeness (QED) is 0.0262. The van der Waals surface area contributed by atoms with Gasteiger partial charge in [-0.05, 0) is 44.9 Å². The first kappa shape index (κ1) is 64.2. The molecule has 6 nitrogen and oxygen atoms in total. The van der Waals surface area contributed by atoms with Crippen molar-refractivity contribution in [2.75, 3.05) is 13.2 Å². The number of allylic oxidation sites excluding steroid dienone is 2. The Morgan fingerprint density at radius 2 is 0.500 bits per heavy atom. The molecule has 1 atom stereocenters. The van der Waals surface area contributed by atoms with Crippen LogP contribution in [0.3, 0.4) is 0 Å². The summed E-state index contributed by atoms with van der Waals surface area (Å²) in [5, 5.41) is 0. The van der Waals surface area contributed by atoms with Gasteiger partial charge in [-0.15, -0.1) is 0 Å². The van der Waals surface area contributed by atoms with Gasteiger partial charge in [-0.3, -0.25) is 14.4 Å². The second-order valence-corrected chi connectivity index (χ2v) is 20.3. The molecule has 0 amide bonds. The van der Waals surface area contributed by atoms with E-state index < -0.39 is 6.10 Å². The van der Waals surface area contributed by atoms with Crippen LogP contribution in [0, 0.1) is 0 Å². The zero-order valence-corrected chi connectivity index (χ0v) is 44.7. The van der Waals surface area contributed by atoms with Crippen molar-refractivity contribution < 1.29 is 28.6 Å². The lowest BCUT2D eigenvalue weighted by atomic mass is 10.0. The number of rotatable bonds is 55. The van der Waals surface area contributed by atoms with Crippen LogP contribution in [0.2, 0.25) is 0 Å². The minimum Gasteiger partial charge on any atom is -0.462 e. The van der Waals surface area contributed by atoms with E-state index in [1.807, 2.05) is 0 Å². The van der Waals surface area contributed by atoms with Crippen LogP contribution in [0.1, 0.15) is 335 Å². The van der Waals surface area contributed by atoms with Crippen molar-refractivity contribution in [1.82, 2.24) is 0 Å². The molecule has 0 aromatic carbocycles. The normalized spacial score (nSPS) is 12.0. The van der Waals surface area contributed by atoms with Crippen LogP contribution in [0.4, 0.5) is 0 Å². The molecule has 0 bridgehead atoms. The van der Waals surface area contributed by atoms with Gasteiger partial charge in [0.25, 0.3) is 0 Å².